The Labute approximate surface area is 148 Å². The van der Waals surface area contributed by atoms with Gasteiger partial charge in [0.15, 0.2) is 0 Å². The number of aromatic nitrogens is 2. The average Bonchev–Trinajstić information content (AvgIpc) is 2.87. The van der Waals surface area contributed by atoms with E-state index in [-0.39, 0.29) is 11.6 Å². The largest absolute Gasteiger partial charge is 0.351 e. The maximum Gasteiger partial charge on any atom is 0.326 e. The molecule has 0 bridgehead atoms. The summed E-state index contributed by atoms with van der Waals surface area (Å²) >= 11 is 7.50. The SMILES string of the molecule is Cn1c(=O)[nH]c2cc(C(=O)NCCSc3ccc(Cl)cc3)ccc21. The molecule has 2 aromatic carbocycles. The van der Waals surface area contributed by atoms with Crippen LogP contribution >= 0.6 is 23.4 Å². The Hall–Kier alpha value is -2.18. The van der Waals surface area contributed by atoms with Crippen LogP contribution in [0, 0.1) is 0 Å². The summed E-state index contributed by atoms with van der Waals surface area (Å²) in [6.45, 7) is 0.551. The van der Waals surface area contributed by atoms with Gasteiger partial charge in [-0.2, -0.15) is 0 Å². The Kier molecular flexibility index (Phi) is 4.97. The van der Waals surface area contributed by atoms with Crippen LogP contribution < -0.4 is 11.0 Å². The van der Waals surface area contributed by atoms with Gasteiger partial charge in [0, 0.05) is 34.8 Å². The van der Waals surface area contributed by atoms with Crippen molar-refractivity contribution in [3.05, 3.63) is 63.5 Å². The molecule has 1 aromatic heterocycles. The molecular weight excluding hydrogens is 346 g/mol. The topological polar surface area (TPSA) is 66.9 Å². The summed E-state index contributed by atoms with van der Waals surface area (Å²) < 4.78 is 1.51. The summed E-state index contributed by atoms with van der Waals surface area (Å²) in [5.74, 6) is 0.607. The second kappa shape index (κ2) is 7.15. The summed E-state index contributed by atoms with van der Waals surface area (Å²) in [5, 5.41) is 3.59. The zero-order chi connectivity index (χ0) is 17.1. The van der Waals surface area contributed by atoms with Gasteiger partial charge >= 0.3 is 5.69 Å². The maximum atomic E-state index is 12.2. The molecule has 0 fully saturated rings. The first-order valence-corrected chi connectivity index (χ1v) is 8.76. The fourth-order valence-electron chi connectivity index (χ4n) is 2.34. The number of carbonyl (C=O) groups excluding carboxylic acids is 1. The van der Waals surface area contributed by atoms with Gasteiger partial charge in [-0.25, -0.2) is 4.79 Å². The van der Waals surface area contributed by atoms with Crippen LogP contribution in [0.3, 0.4) is 0 Å². The van der Waals surface area contributed by atoms with E-state index in [4.69, 9.17) is 11.6 Å². The lowest BCUT2D eigenvalue weighted by Crippen LogP contribution is -2.25. The summed E-state index contributed by atoms with van der Waals surface area (Å²) in [4.78, 5) is 27.6. The van der Waals surface area contributed by atoms with Crippen LogP contribution in [0.4, 0.5) is 0 Å². The van der Waals surface area contributed by atoms with E-state index in [2.05, 4.69) is 10.3 Å². The van der Waals surface area contributed by atoms with Crippen molar-refractivity contribution in [2.45, 2.75) is 4.90 Å². The molecule has 0 aliphatic rings. The number of H-pyrrole nitrogens is 1. The molecule has 0 saturated carbocycles. The van der Waals surface area contributed by atoms with Crippen LogP contribution in [0.1, 0.15) is 10.4 Å². The van der Waals surface area contributed by atoms with Crippen LogP contribution in [0.25, 0.3) is 11.0 Å². The third-order valence-corrected chi connectivity index (χ3v) is 4.90. The smallest absolute Gasteiger partial charge is 0.326 e. The highest BCUT2D eigenvalue weighted by atomic mass is 35.5. The number of amides is 1. The monoisotopic (exact) mass is 361 g/mol. The number of hydrogen-bond acceptors (Lipinski definition) is 3. The number of rotatable bonds is 5. The summed E-state index contributed by atoms with van der Waals surface area (Å²) in [5.41, 5.74) is 1.77. The predicted molar refractivity (Wildman–Crippen MR) is 98.0 cm³/mol. The number of nitrogens with zero attached hydrogens (tertiary/aromatic N) is 1. The molecule has 0 saturated heterocycles. The van der Waals surface area contributed by atoms with E-state index in [1.54, 1.807) is 37.0 Å². The third kappa shape index (κ3) is 3.66. The summed E-state index contributed by atoms with van der Waals surface area (Å²) in [6, 6.07) is 12.8. The van der Waals surface area contributed by atoms with E-state index >= 15 is 0 Å². The molecule has 3 aromatic rings. The van der Waals surface area contributed by atoms with Gasteiger partial charge in [-0.1, -0.05) is 11.6 Å². The summed E-state index contributed by atoms with van der Waals surface area (Å²) in [7, 11) is 1.69. The van der Waals surface area contributed by atoms with Crippen LogP contribution in [-0.2, 0) is 7.05 Å². The number of aryl methyl sites for hydroxylation is 1. The molecule has 0 aliphatic heterocycles. The minimum absolute atomic E-state index is 0.154. The molecule has 124 valence electrons. The number of hydrogen-bond donors (Lipinski definition) is 2. The quantitative estimate of drug-likeness (QED) is 0.542. The Morgan fingerprint density at radius 3 is 2.75 bits per heavy atom. The number of fused-ring (bicyclic) bond motifs is 1. The van der Waals surface area contributed by atoms with Crippen molar-refractivity contribution in [2.75, 3.05) is 12.3 Å². The van der Waals surface area contributed by atoms with E-state index in [0.29, 0.717) is 22.6 Å². The highest BCUT2D eigenvalue weighted by Gasteiger charge is 2.09. The highest BCUT2D eigenvalue weighted by Crippen LogP contribution is 2.19. The van der Waals surface area contributed by atoms with Crippen molar-refractivity contribution in [2.24, 2.45) is 7.05 Å². The van der Waals surface area contributed by atoms with E-state index < -0.39 is 0 Å². The number of imidazole rings is 1. The number of halogens is 1. The highest BCUT2D eigenvalue weighted by molar-refractivity contribution is 7.99. The van der Waals surface area contributed by atoms with E-state index in [1.165, 1.54) is 4.57 Å². The van der Waals surface area contributed by atoms with Crippen molar-refractivity contribution in [1.82, 2.24) is 14.9 Å². The molecule has 0 atom stereocenters. The number of benzene rings is 2. The molecule has 7 heteroatoms. The second-order valence-electron chi connectivity index (χ2n) is 5.28. The normalized spacial score (nSPS) is 10.9. The number of carbonyl (C=O) groups is 1. The van der Waals surface area contributed by atoms with Gasteiger partial charge < -0.3 is 10.3 Å². The first kappa shape index (κ1) is 16.7. The Morgan fingerprint density at radius 1 is 1.25 bits per heavy atom. The Morgan fingerprint density at radius 2 is 2.00 bits per heavy atom. The lowest BCUT2D eigenvalue weighted by Gasteiger charge is -2.06. The minimum atomic E-state index is -0.193. The number of nitrogens with one attached hydrogen (secondary N) is 2. The molecule has 0 radical (unpaired) electrons. The van der Waals surface area contributed by atoms with Gasteiger partial charge in [-0.3, -0.25) is 9.36 Å². The lowest BCUT2D eigenvalue weighted by molar-refractivity contribution is 0.0956. The first-order valence-electron chi connectivity index (χ1n) is 7.40. The van der Waals surface area contributed by atoms with Gasteiger partial charge in [-0.15, -0.1) is 11.8 Å². The molecular formula is C17H16ClN3O2S. The third-order valence-electron chi connectivity index (χ3n) is 3.64. The van der Waals surface area contributed by atoms with Crippen molar-refractivity contribution >= 4 is 40.3 Å². The Balaban J connectivity index is 1.57. The van der Waals surface area contributed by atoms with Gasteiger partial charge in [0.2, 0.25) is 0 Å². The molecule has 0 aliphatic carbocycles. The zero-order valence-corrected chi connectivity index (χ0v) is 14.6. The van der Waals surface area contributed by atoms with Crippen molar-refractivity contribution in [3.63, 3.8) is 0 Å². The van der Waals surface area contributed by atoms with E-state index in [1.807, 2.05) is 24.3 Å². The Bertz CT molecular complexity index is 931. The summed E-state index contributed by atoms with van der Waals surface area (Å²) in [6.07, 6.45) is 0. The van der Waals surface area contributed by atoms with Crippen molar-refractivity contribution < 1.29 is 4.79 Å². The molecule has 5 nitrogen and oxygen atoms in total. The minimum Gasteiger partial charge on any atom is -0.351 e. The molecule has 2 N–H and O–H groups in total. The predicted octanol–water partition coefficient (Wildman–Crippen LogP) is 3.04. The van der Waals surface area contributed by atoms with Gasteiger partial charge in [0.05, 0.1) is 11.0 Å². The fourth-order valence-corrected chi connectivity index (χ4v) is 3.24. The van der Waals surface area contributed by atoms with Gasteiger partial charge in [0.25, 0.3) is 5.91 Å². The molecule has 3 rings (SSSR count). The molecule has 0 unspecified atom stereocenters. The molecule has 1 heterocycles. The molecule has 1 amide bonds. The molecule has 24 heavy (non-hydrogen) atoms. The second-order valence-corrected chi connectivity index (χ2v) is 6.88. The van der Waals surface area contributed by atoms with E-state index in [9.17, 15) is 9.59 Å². The van der Waals surface area contributed by atoms with Crippen LogP contribution in [-0.4, -0.2) is 27.8 Å². The van der Waals surface area contributed by atoms with Gasteiger partial charge in [-0.05, 0) is 42.5 Å². The fraction of sp³-hybridized carbons (Fsp3) is 0.176. The first-order chi connectivity index (χ1) is 11.5. The van der Waals surface area contributed by atoms with Crippen LogP contribution in [0.5, 0.6) is 0 Å². The number of thioether (sulfide) groups is 1. The van der Waals surface area contributed by atoms with E-state index in [0.717, 1.165) is 16.2 Å². The van der Waals surface area contributed by atoms with Crippen molar-refractivity contribution in [1.29, 1.82) is 0 Å². The van der Waals surface area contributed by atoms with Gasteiger partial charge in [0.1, 0.15) is 0 Å². The number of aromatic amines is 1. The standard InChI is InChI=1S/C17H16ClN3O2S/c1-21-15-7-2-11(10-14(15)20-17(21)23)16(22)19-8-9-24-13-5-3-12(18)4-6-13/h2-7,10H,8-9H2,1H3,(H,19,22)(H,20,23). The average molecular weight is 362 g/mol. The maximum absolute atomic E-state index is 12.2. The van der Waals surface area contributed by atoms with Crippen LogP contribution in [0.2, 0.25) is 5.02 Å². The van der Waals surface area contributed by atoms with Crippen molar-refractivity contribution in [3.8, 4) is 0 Å². The van der Waals surface area contributed by atoms with Crippen LogP contribution in [0.15, 0.2) is 52.2 Å². The molecule has 0 spiro atoms. The lowest BCUT2D eigenvalue weighted by atomic mass is 10.2. The zero-order valence-electron chi connectivity index (χ0n) is 13.0.